The summed E-state index contributed by atoms with van der Waals surface area (Å²) in [7, 11) is -3.83. The van der Waals surface area contributed by atoms with E-state index in [9.17, 15) is 27.6 Å². The quantitative estimate of drug-likeness (QED) is 0.158. The van der Waals surface area contributed by atoms with E-state index in [0.29, 0.717) is 52.5 Å². The second-order valence-electron chi connectivity index (χ2n) is 15.7. The van der Waals surface area contributed by atoms with E-state index in [4.69, 9.17) is 4.74 Å². The number of piperidine rings is 2. The molecule has 56 heavy (non-hydrogen) atoms. The lowest BCUT2D eigenvalue weighted by Crippen LogP contribution is -2.52. The number of carbonyl (C=O) groups excluding carboxylic acids is 4. The molecule has 0 aliphatic carbocycles. The summed E-state index contributed by atoms with van der Waals surface area (Å²) in [6.07, 6.45) is 3.71. The van der Waals surface area contributed by atoms with E-state index >= 15 is 0 Å². The number of imide groups is 1. The summed E-state index contributed by atoms with van der Waals surface area (Å²) in [6.45, 7) is 11.4. The number of nitrogens with zero attached hydrogens (tertiary/aromatic N) is 5. The monoisotopic (exact) mass is 785 g/mol. The molecule has 1 unspecified atom stereocenters. The van der Waals surface area contributed by atoms with Gasteiger partial charge in [0.2, 0.25) is 17.7 Å². The first-order valence-corrected chi connectivity index (χ1v) is 20.3. The van der Waals surface area contributed by atoms with Gasteiger partial charge >= 0.3 is 0 Å². The van der Waals surface area contributed by atoms with Crippen molar-refractivity contribution in [1.29, 1.82) is 0 Å². The highest BCUT2D eigenvalue weighted by Gasteiger charge is 2.40. The fraction of sp³-hybridized carbons (Fsp3) is 0.462. The molecule has 1 atom stereocenters. The maximum atomic E-state index is 13.9. The number of ether oxygens (including phenoxy) is 1. The lowest BCUT2D eigenvalue weighted by Gasteiger charge is -2.32. The molecule has 3 aliphatic rings. The average Bonchev–Trinajstić information content (AvgIpc) is 3.66. The Morgan fingerprint density at radius 3 is 2.50 bits per heavy atom. The van der Waals surface area contributed by atoms with E-state index in [0.717, 1.165) is 37.2 Å². The maximum Gasteiger partial charge on any atom is 0.255 e. The van der Waals surface area contributed by atoms with Gasteiger partial charge in [0, 0.05) is 65.5 Å². The Balaban J connectivity index is 0.956. The van der Waals surface area contributed by atoms with E-state index in [-0.39, 0.29) is 60.1 Å². The summed E-state index contributed by atoms with van der Waals surface area (Å²) in [5.74, 6) is 0.135. The van der Waals surface area contributed by atoms with E-state index in [1.165, 1.54) is 11.2 Å². The molecular weight excluding hydrogens is 739 g/mol. The SMILES string of the molecule is Cc1[nH]nc(Nc2ncnc3cc(OCC4CCN(CCC(=O)Nc5cccc6c5CN(C5CCC(=O)NC5=O)C6=O)CC4)c(S(=O)(=O)C(C)(C)C)cc23)c1C. The number of amides is 4. The second kappa shape index (κ2) is 15.3. The van der Waals surface area contributed by atoms with Gasteiger partial charge in [0.1, 0.15) is 28.8 Å². The number of fused-ring (bicyclic) bond motifs is 2. The van der Waals surface area contributed by atoms with Gasteiger partial charge in [0.15, 0.2) is 15.7 Å². The number of aryl methyl sites for hydroxylation is 1. The van der Waals surface area contributed by atoms with Gasteiger partial charge in [0.25, 0.3) is 5.91 Å². The molecule has 5 heterocycles. The molecule has 296 valence electrons. The van der Waals surface area contributed by atoms with Crippen molar-refractivity contribution in [3.63, 3.8) is 0 Å². The number of carbonyl (C=O) groups is 4. The summed E-state index contributed by atoms with van der Waals surface area (Å²) in [6, 6.07) is 7.67. The van der Waals surface area contributed by atoms with Crippen molar-refractivity contribution in [2.24, 2.45) is 5.92 Å². The van der Waals surface area contributed by atoms with Crippen molar-refractivity contribution in [1.82, 2.24) is 35.3 Å². The molecule has 16 nitrogen and oxygen atoms in total. The number of hydrogen-bond donors (Lipinski definition) is 4. The van der Waals surface area contributed by atoms with E-state index < -0.39 is 26.5 Å². The first-order valence-electron chi connectivity index (χ1n) is 18.8. The average molecular weight is 786 g/mol. The number of nitrogens with one attached hydrogen (secondary N) is 4. The van der Waals surface area contributed by atoms with Crippen LogP contribution in [0.4, 0.5) is 17.3 Å². The first kappa shape index (κ1) is 38.8. The van der Waals surface area contributed by atoms with E-state index in [1.54, 1.807) is 51.1 Å². The lowest BCUT2D eigenvalue weighted by molar-refractivity contribution is -0.137. The molecule has 0 saturated carbocycles. The van der Waals surface area contributed by atoms with Crippen LogP contribution in [0.25, 0.3) is 10.9 Å². The largest absolute Gasteiger partial charge is 0.492 e. The van der Waals surface area contributed by atoms with Crippen LogP contribution >= 0.6 is 0 Å². The summed E-state index contributed by atoms with van der Waals surface area (Å²) in [5, 5.41) is 16.3. The van der Waals surface area contributed by atoms with Crippen molar-refractivity contribution < 1.29 is 32.3 Å². The zero-order valence-corrected chi connectivity index (χ0v) is 33.0. The molecular formula is C39H47N9O7S. The van der Waals surface area contributed by atoms with Crippen LogP contribution < -0.4 is 20.7 Å². The van der Waals surface area contributed by atoms with Crippen LogP contribution in [-0.4, -0.2) is 99.0 Å². The van der Waals surface area contributed by atoms with Crippen molar-refractivity contribution >= 4 is 61.7 Å². The number of rotatable bonds is 11. The molecule has 0 radical (unpaired) electrons. The minimum atomic E-state index is -3.83. The first-order chi connectivity index (χ1) is 26.6. The number of benzene rings is 2. The highest BCUT2D eigenvalue weighted by atomic mass is 32.2. The molecule has 4 N–H and O–H groups in total. The third-order valence-electron chi connectivity index (χ3n) is 11.0. The topological polar surface area (TPSA) is 209 Å². The third kappa shape index (κ3) is 7.69. The number of sulfone groups is 1. The molecule has 7 rings (SSSR count). The van der Waals surface area contributed by atoms with Gasteiger partial charge in [-0.25, -0.2) is 18.4 Å². The normalized spacial score (nSPS) is 18.3. The minimum absolute atomic E-state index is 0.0748. The summed E-state index contributed by atoms with van der Waals surface area (Å²) >= 11 is 0. The molecule has 2 fully saturated rings. The Kier molecular flexibility index (Phi) is 10.6. The smallest absolute Gasteiger partial charge is 0.255 e. The molecule has 4 amide bonds. The van der Waals surface area contributed by atoms with Crippen LogP contribution in [0.15, 0.2) is 41.6 Å². The predicted octanol–water partition coefficient (Wildman–Crippen LogP) is 4.17. The lowest BCUT2D eigenvalue weighted by atomic mass is 9.97. The number of hydrogen-bond acceptors (Lipinski definition) is 12. The Hall–Kier alpha value is -5.42. The summed E-state index contributed by atoms with van der Waals surface area (Å²) in [4.78, 5) is 63.0. The van der Waals surface area contributed by atoms with E-state index in [1.807, 2.05) is 13.8 Å². The second-order valence-corrected chi connectivity index (χ2v) is 18.4. The van der Waals surface area contributed by atoms with Gasteiger partial charge in [-0.1, -0.05) is 6.07 Å². The standard InChI is InChI=1S/C39H47N9O7S/c1-22-23(2)45-46-35(22)44-36-26-17-32(56(53,54)39(3,4)5)31(18-29(26)40-21-41-36)55-20-24-11-14-47(15-12-24)16-13-34(50)42-28-8-6-7-25-27(28)19-48(38(25)52)30-9-10-33(49)43-37(30)51/h6-8,17-18,21,24,30H,9-16,19-20H2,1-5H3,(H,42,50)(H,43,49,51)(H2,40,41,44,45,46). The minimum Gasteiger partial charge on any atom is -0.492 e. The molecule has 2 saturated heterocycles. The number of H-pyrrole nitrogens is 1. The number of anilines is 3. The van der Waals surface area contributed by atoms with Gasteiger partial charge in [0.05, 0.1) is 16.9 Å². The Morgan fingerprint density at radius 1 is 1.04 bits per heavy atom. The number of aromatic nitrogens is 4. The van der Waals surface area contributed by atoms with Gasteiger partial charge in [-0.05, 0) is 91.1 Å². The molecule has 0 bridgehead atoms. The van der Waals surface area contributed by atoms with Crippen LogP contribution in [0, 0.1) is 19.8 Å². The number of likely N-dealkylation sites (tertiary alicyclic amines) is 1. The van der Waals surface area contributed by atoms with Crippen LogP contribution in [0.3, 0.4) is 0 Å². The van der Waals surface area contributed by atoms with Crippen molar-refractivity contribution in [3.05, 3.63) is 59.0 Å². The van der Waals surface area contributed by atoms with E-state index in [2.05, 4.69) is 41.0 Å². The molecule has 0 spiro atoms. The molecule has 2 aromatic carbocycles. The third-order valence-corrected chi connectivity index (χ3v) is 13.5. The molecule has 3 aliphatic heterocycles. The van der Waals surface area contributed by atoms with Crippen molar-refractivity contribution in [2.75, 3.05) is 36.9 Å². The van der Waals surface area contributed by atoms with Gasteiger partial charge < -0.3 is 25.2 Å². The van der Waals surface area contributed by atoms with Gasteiger partial charge in [-0.3, -0.25) is 29.6 Å². The van der Waals surface area contributed by atoms with Crippen LogP contribution in [0.1, 0.15) is 80.1 Å². The molecule has 4 aromatic rings. The molecule has 2 aromatic heterocycles. The highest BCUT2D eigenvalue weighted by Crippen LogP contribution is 2.38. The highest BCUT2D eigenvalue weighted by molar-refractivity contribution is 7.92. The zero-order valence-electron chi connectivity index (χ0n) is 32.2. The predicted molar refractivity (Wildman–Crippen MR) is 208 cm³/mol. The van der Waals surface area contributed by atoms with Crippen LogP contribution in [0.2, 0.25) is 0 Å². The Morgan fingerprint density at radius 2 is 1.80 bits per heavy atom. The fourth-order valence-electron chi connectivity index (χ4n) is 7.29. The van der Waals surface area contributed by atoms with Gasteiger partial charge in [-0.15, -0.1) is 0 Å². The zero-order chi connectivity index (χ0) is 39.9. The Labute approximate surface area is 325 Å². The summed E-state index contributed by atoms with van der Waals surface area (Å²) < 4.78 is 33.1. The van der Waals surface area contributed by atoms with Crippen molar-refractivity contribution in [3.8, 4) is 5.75 Å². The fourth-order valence-corrected chi connectivity index (χ4v) is 8.61. The number of aromatic amines is 1. The van der Waals surface area contributed by atoms with Crippen molar-refractivity contribution in [2.45, 2.75) is 89.0 Å². The summed E-state index contributed by atoms with van der Waals surface area (Å²) in [5.41, 5.74) is 3.99. The van der Waals surface area contributed by atoms with Gasteiger partial charge in [-0.2, -0.15) is 5.10 Å². The Bertz CT molecular complexity index is 2330. The maximum absolute atomic E-state index is 13.9. The molecule has 17 heteroatoms. The van der Waals surface area contributed by atoms with Crippen LogP contribution in [0.5, 0.6) is 5.75 Å². The van der Waals surface area contributed by atoms with Crippen LogP contribution in [-0.2, 0) is 30.8 Å².